The number of hydrogen-bond donors (Lipinski definition) is 5. The molecule has 6 N–H and O–H groups in total. The second-order valence-corrected chi connectivity index (χ2v) is 6.92. The molecule has 2 aliphatic rings. The third kappa shape index (κ3) is 2.95. The van der Waals surface area contributed by atoms with Crippen LogP contribution in [-0.2, 0) is 4.74 Å². The number of nitrogens with zero attached hydrogens (tertiary/aromatic N) is 5. The molecule has 0 amide bonds. The maximum Gasteiger partial charge on any atom is 0.280 e. The van der Waals surface area contributed by atoms with E-state index in [0.717, 1.165) is 13.1 Å². The number of rotatable bonds is 3. The van der Waals surface area contributed by atoms with E-state index in [1.807, 2.05) is 11.9 Å². The Morgan fingerprint density at radius 1 is 1.22 bits per heavy atom. The minimum atomic E-state index is -1.33. The van der Waals surface area contributed by atoms with Crippen molar-refractivity contribution in [3.05, 3.63) is 10.4 Å². The van der Waals surface area contributed by atoms with Crippen LogP contribution in [0.2, 0.25) is 0 Å². The van der Waals surface area contributed by atoms with Gasteiger partial charge in [-0.05, 0) is 7.05 Å². The SMILES string of the molecule is CN1CCN(c2nc3c(=O)[nH]c(N)nc3n2[C@H]2O[C@@H](CO)[C@H](O)[C@@H]2O)CC1. The number of aromatic nitrogens is 4. The van der Waals surface area contributed by atoms with Crippen LogP contribution < -0.4 is 16.2 Å². The van der Waals surface area contributed by atoms with Gasteiger partial charge in [0, 0.05) is 26.2 Å². The van der Waals surface area contributed by atoms with Crippen LogP contribution in [0.15, 0.2) is 4.79 Å². The van der Waals surface area contributed by atoms with Gasteiger partial charge in [0.25, 0.3) is 5.56 Å². The molecule has 4 heterocycles. The molecule has 27 heavy (non-hydrogen) atoms. The van der Waals surface area contributed by atoms with Crippen LogP contribution >= 0.6 is 0 Å². The summed E-state index contributed by atoms with van der Waals surface area (Å²) in [5.74, 6) is 0.307. The van der Waals surface area contributed by atoms with Crippen LogP contribution in [0.25, 0.3) is 11.2 Å². The maximum absolute atomic E-state index is 12.3. The van der Waals surface area contributed by atoms with E-state index in [1.165, 1.54) is 4.57 Å². The predicted molar refractivity (Wildman–Crippen MR) is 95.3 cm³/mol. The van der Waals surface area contributed by atoms with Gasteiger partial charge in [-0.25, -0.2) is 4.98 Å². The molecule has 0 saturated carbocycles. The highest BCUT2D eigenvalue weighted by Gasteiger charge is 2.45. The minimum absolute atomic E-state index is 0.0656. The summed E-state index contributed by atoms with van der Waals surface area (Å²) in [6.45, 7) is 2.45. The van der Waals surface area contributed by atoms with Crippen LogP contribution in [-0.4, -0.2) is 97.9 Å². The minimum Gasteiger partial charge on any atom is -0.394 e. The Morgan fingerprint density at radius 2 is 1.93 bits per heavy atom. The number of aliphatic hydroxyl groups excluding tert-OH is 3. The number of fused-ring (bicyclic) bond motifs is 1. The summed E-state index contributed by atoms with van der Waals surface area (Å²) in [6, 6.07) is 0. The van der Waals surface area contributed by atoms with Gasteiger partial charge in [-0.3, -0.25) is 14.3 Å². The van der Waals surface area contributed by atoms with Crippen molar-refractivity contribution in [2.45, 2.75) is 24.5 Å². The van der Waals surface area contributed by atoms with Gasteiger partial charge in [-0.1, -0.05) is 0 Å². The van der Waals surface area contributed by atoms with Crippen LogP contribution in [0.1, 0.15) is 6.23 Å². The molecule has 0 spiro atoms. The van der Waals surface area contributed by atoms with Crippen molar-refractivity contribution in [2.75, 3.05) is 50.5 Å². The number of hydrogen-bond acceptors (Lipinski definition) is 10. The summed E-state index contributed by atoms with van der Waals surface area (Å²) in [5.41, 5.74) is 5.41. The largest absolute Gasteiger partial charge is 0.394 e. The average molecular weight is 381 g/mol. The molecule has 0 aromatic carbocycles. The summed E-state index contributed by atoms with van der Waals surface area (Å²) in [4.78, 5) is 27.5. The zero-order chi connectivity index (χ0) is 19.3. The Bertz CT molecular complexity index is 891. The Kier molecular flexibility index (Phi) is 4.52. The third-order valence-corrected chi connectivity index (χ3v) is 5.11. The van der Waals surface area contributed by atoms with Gasteiger partial charge >= 0.3 is 0 Å². The molecule has 2 fully saturated rings. The topological polar surface area (TPSA) is 166 Å². The normalized spacial score (nSPS) is 29.7. The van der Waals surface area contributed by atoms with E-state index < -0.39 is 36.7 Å². The molecule has 2 aliphatic heterocycles. The van der Waals surface area contributed by atoms with Gasteiger partial charge in [0.2, 0.25) is 11.9 Å². The molecule has 2 saturated heterocycles. The van der Waals surface area contributed by atoms with E-state index >= 15 is 0 Å². The quantitative estimate of drug-likeness (QED) is 0.371. The van der Waals surface area contributed by atoms with E-state index in [4.69, 9.17) is 10.5 Å². The van der Waals surface area contributed by atoms with E-state index in [9.17, 15) is 20.1 Å². The number of H-pyrrole nitrogens is 1. The van der Waals surface area contributed by atoms with Gasteiger partial charge in [-0.15, -0.1) is 0 Å². The Balaban J connectivity index is 1.86. The molecule has 12 nitrogen and oxygen atoms in total. The van der Waals surface area contributed by atoms with Crippen molar-refractivity contribution < 1.29 is 20.1 Å². The number of aromatic amines is 1. The van der Waals surface area contributed by atoms with E-state index in [-0.39, 0.29) is 17.1 Å². The highest BCUT2D eigenvalue weighted by molar-refractivity contribution is 5.75. The highest BCUT2D eigenvalue weighted by Crippen LogP contribution is 2.35. The van der Waals surface area contributed by atoms with Crippen molar-refractivity contribution in [3.8, 4) is 0 Å². The zero-order valence-electron chi connectivity index (χ0n) is 14.8. The van der Waals surface area contributed by atoms with Crippen molar-refractivity contribution in [3.63, 3.8) is 0 Å². The predicted octanol–water partition coefficient (Wildman–Crippen LogP) is -2.93. The lowest BCUT2D eigenvalue weighted by atomic mass is 10.1. The van der Waals surface area contributed by atoms with Gasteiger partial charge in [0.15, 0.2) is 17.4 Å². The number of imidazole rings is 1. The molecule has 4 rings (SSSR count). The van der Waals surface area contributed by atoms with Gasteiger partial charge in [0.05, 0.1) is 6.61 Å². The number of nitrogen functional groups attached to an aromatic ring is 1. The molecular weight excluding hydrogens is 358 g/mol. The molecular formula is C15H23N7O5. The summed E-state index contributed by atoms with van der Waals surface area (Å²) in [5, 5.41) is 30.0. The number of nitrogens with two attached hydrogens (primary N) is 1. The van der Waals surface area contributed by atoms with Gasteiger partial charge in [0.1, 0.15) is 18.3 Å². The molecule has 4 atom stereocenters. The lowest BCUT2D eigenvalue weighted by Crippen LogP contribution is -2.46. The molecule has 2 aromatic rings. The fourth-order valence-corrected chi connectivity index (χ4v) is 3.55. The van der Waals surface area contributed by atoms with Crippen molar-refractivity contribution in [1.29, 1.82) is 0 Å². The van der Waals surface area contributed by atoms with Crippen molar-refractivity contribution in [2.24, 2.45) is 0 Å². The molecule has 0 bridgehead atoms. The van der Waals surface area contributed by atoms with Crippen LogP contribution in [0.5, 0.6) is 0 Å². The number of nitrogens with one attached hydrogen (secondary N) is 1. The summed E-state index contributed by atoms with van der Waals surface area (Å²) < 4.78 is 7.14. The number of aliphatic hydroxyl groups is 3. The standard InChI is InChI=1S/C15H23N7O5/c1-20-2-4-21(5-3-20)15-17-8-11(18-14(16)19-12(8)26)22(15)13-10(25)9(24)7(6-23)27-13/h7,9-10,13,23-25H,2-6H2,1H3,(H3,16,18,19,26)/t7-,9-,10-,13-/m0/s1. The van der Waals surface area contributed by atoms with Crippen LogP contribution in [0.4, 0.5) is 11.9 Å². The first-order valence-corrected chi connectivity index (χ1v) is 8.74. The van der Waals surface area contributed by atoms with Gasteiger partial charge < -0.3 is 35.6 Å². The maximum atomic E-state index is 12.3. The molecule has 2 aromatic heterocycles. The summed E-state index contributed by atoms with van der Waals surface area (Å²) in [6.07, 6.45) is -4.63. The Labute approximate surface area is 153 Å². The monoisotopic (exact) mass is 381 g/mol. The first-order chi connectivity index (χ1) is 12.9. The Morgan fingerprint density at radius 3 is 2.56 bits per heavy atom. The Hall–Kier alpha value is -2.25. The lowest BCUT2D eigenvalue weighted by Gasteiger charge is -2.34. The molecule has 0 radical (unpaired) electrons. The van der Waals surface area contributed by atoms with E-state index in [1.54, 1.807) is 0 Å². The number of piperazine rings is 1. The zero-order valence-corrected chi connectivity index (χ0v) is 14.8. The second kappa shape index (κ2) is 6.73. The molecule has 0 unspecified atom stereocenters. The number of likely N-dealkylation sites (N-methyl/N-ethyl adjacent to an activating group) is 1. The fourth-order valence-electron chi connectivity index (χ4n) is 3.55. The first kappa shape index (κ1) is 18.1. The fraction of sp³-hybridized carbons (Fsp3) is 0.667. The third-order valence-electron chi connectivity index (χ3n) is 5.11. The van der Waals surface area contributed by atoms with Crippen molar-refractivity contribution >= 4 is 23.1 Å². The summed E-state index contributed by atoms with van der Waals surface area (Å²) >= 11 is 0. The van der Waals surface area contributed by atoms with E-state index in [2.05, 4.69) is 19.9 Å². The summed E-state index contributed by atoms with van der Waals surface area (Å²) in [7, 11) is 2.01. The van der Waals surface area contributed by atoms with Crippen LogP contribution in [0.3, 0.4) is 0 Å². The molecule has 0 aliphatic carbocycles. The van der Waals surface area contributed by atoms with Crippen LogP contribution in [0, 0.1) is 0 Å². The smallest absolute Gasteiger partial charge is 0.280 e. The first-order valence-electron chi connectivity index (χ1n) is 8.74. The lowest BCUT2D eigenvalue weighted by molar-refractivity contribution is -0.0505. The average Bonchev–Trinajstić information content (AvgIpc) is 3.14. The number of anilines is 2. The van der Waals surface area contributed by atoms with Crippen molar-refractivity contribution in [1.82, 2.24) is 24.4 Å². The number of ether oxygens (including phenoxy) is 1. The van der Waals surface area contributed by atoms with Gasteiger partial charge in [-0.2, -0.15) is 4.98 Å². The van der Waals surface area contributed by atoms with E-state index in [0.29, 0.717) is 19.0 Å². The molecule has 12 heteroatoms. The highest BCUT2D eigenvalue weighted by atomic mass is 16.6. The molecule has 148 valence electrons. The second-order valence-electron chi connectivity index (χ2n) is 6.92.